The van der Waals surface area contributed by atoms with Crippen molar-refractivity contribution in [2.75, 3.05) is 19.6 Å². The van der Waals surface area contributed by atoms with Crippen LogP contribution in [-0.2, 0) is 11.0 Å². The molecule has 0 aromatic heterocycles. The lowest BCUT2D eigenvalue weighted by molar-refractivity contribution is -0.138. The monoisotopic (exact) mass is 357 g/mol. The quantitative estimate of drug-likeness (QED) is 0.682. The minimum Gasteiger partial charge on any atom is -0.354 e. The Labute approximate surface area is 144 Å². The predicted octanol–water partition coefficient (Wildman–Crippen LogP) is 1.94. The molecule has 138 valence electrons. The molecule has 1 aromatic rings. The lowest BCUT2D eigenvalue weighted by Gasteiger charge is -2.17. The second-order valence-corrected chi connectivity index (χ2v) is 5.95. The maximum absolute atomic E-state index is 12.9. The first kappa shape index (κ1) is 19.2. The summed E-state index contributed by atoms with van der Waals surface area (Å²) < 4.78 is 38.7. The van der Waals surface area contributed by atoms with Gasteiger partial charge in [0.25, 0.3) is 5.91 Å². The maximum atomic E-state index is 12.9. The van der Waals surface area contributed by atoms with E-state index in [1.54, 1.807) is 0 Å². The zero-order valence-corrected chi connectivity index (χ0v) is 14.0. The topological polar surface area (TPSA) is 70.2 Å². The van der Waals surface area contributed by atoms with Crippen molar-refractivity contribution in [3.8, 4) is 0 Å². The largest absolute Gasteiger partial charge is 0.417 e. The fourth-order valence-electron chi connectivity index (χ4n) is 3.03. The molecule has 1 aromatic carbocycles. The zero-order valence-electron chi connectivity index (χ0n) is 14.0. The van der Waals surface area contributed by atoms with Gasteiger partial charge >= 0.3 is 6.18 Å². The van der Waals surface area contributed by atoms with Crippen molar-refractivity contribution >= 4 is 11.8 Å². The molecule has 2 unspecified atom stereocenters. The van der Waals surface area contributed by atoms with E-state index in [1.807, 2.05) is 6.92 Å². The van der Waals surface area contributed by atoms with Crippen molar-refractivity contribution in [3.05, 3.63) is 35.4 Å². The molecule has 1 fully saturated rings. The Morgan fingerprint density at radius 2 is 1.88 bits per heavy atom. The van der Waals surface area contributed by atoms with E-state index in [4.69, 9.17) is 0 Å². The molecule has 3 N–H and O–H groups in total. The van der Waals surface area contributed by atoms with Gasteiger partial charge in [-0.25, -0.2) is 0 Å². The molecule has 0 saturated carbocycles. The third kappa shape index (κ3) is 4.94. The molecule has 1 aliphatic rings. The minimum atomic E-state index is -4.59. The summed E-state index contributed by atoms with van der Waals surface area (Å²) in [6.45, 7) is 3.03. The summed E-state index contributed by atoms with van der Waals surface area (Å²) in [5.41, 5.74) is -1.40. The number of hydrogen-bond acceptors (Lipinski definition) is 3. The summed E-state index contributed by atoms with van der Waals surface area (Å²) in [6, 6.07) is 4.76. The predicted molar refractivity (Wildman–Crippen MR) is 87.0 cm³/mol. The van der Waals surface area contributed by atoms with Crippen LogP contribution in [0.25, 0.3) is 0 Å². The number of amides is 2. The Bertz CT molecular complexity index is 619. The van der Waals surface area contributed by atoms with Crippen LogP contribution in [0.2, 0.25) is 0 Å². The summed E-state index contributed by atoms with van der Waals surface area (Å²) in [6.07, 6.45) is -2.98. The van der Waals surface area contributed by atoms with Gasteiger partial charge in [-0.1, -0.05) is 19.1 Å². The van der Waals surface area contributed by atoms with Crippen LogP contribution in [0.3, 0.4) is 0 Å². The van der Waals surface area contributed by atoms with Gasteiger partial charge in [0, 0.05) is 19.1 Å². The first-order valence-corrected chi connectivity index (χ1v) is 8.30. The Kier molecular flexibility index (Phi) is 6.41. The average molecular weight is 357 g/mol. The summed E-state index contributed by atoms with van der Waals surface area (Å²) in [5, 5.41) is 8.39. The molecule has 0 spiro atoms. The number of nitrogens with one attached hydrogen (secondary N) is 3. The van der Waals surface area contributed by atoms with Crippen molar-refractivity contribution in [1.29, 1.82) is 0 Å². The summed E-state index contributed by atoms with van der Waals surface area (Å²) >= 11 is 0. The first-order valence-electron chi connectivity index (χ1n) is 8.30. The Morgan fingerprint density at radius 1 is 1.20 bits per heavy atom. The van der Waals surface area contributed by atoms with Gasteiger partial charge in [0.05, 0.1) is 17.0 Å². The second-order valence-electron chi connectivity index (χ2n) is 5.95. The summed E-state index contributed by atoms with van der Waals surface area (Å²) in [4.78, 5) is 24.1. The number of benzene rings is 1. The van der Waals surface area contributed by atoms with E-state index in [2.05, 4.69) is 16.0 Å². The number of halogens is 3. The van der Waals surface area contributed by atoms with Gasteiger partial charge in [-0.3, -0.25) is 9.59 Å². The van der Waals surface area contributed by atoms with E-state index >= 15 is 0 Å². The molecule has 2 amide bonds. The fourth-order valence-corrected chi connectivity index (χ4v) is 3.03. The molecule has 1 heterocycles. The SMILES string of the molecule is CCC1NCCC1C(=O)NCCNC(=O)c1ccccc1C(F)(F)F. The summed E-state index contributed by atoms with van der Waals surface area (Å²) in [7, 11) is 0. The molecule has 2 rings (SSSR count). The Hall–Kier alpha value is -2.09. The normalized spacial score (nSPS) is 20.3. The van der Waals surface area contributed by atoms with E-state index in [0.717, 1.165) is 31.5 Å². The number of rotatable bonds is 6. The molecule has 1 saturated heterocycles. The van der Waals surface area contributed by atoms with Crippen LogP contribution in [0.15, 0.2) is 24.3 Å². The van der Waals surface area contributed by atoms with Gasteiger partial charge in [-0.05, 0) is 31.5 Å². The smallest absolute Gasteiger partial charge is 0.354 e. The van der Waals surface area contributed by atoms with Crippen LogP contribution < -0.4 is 16.0 Å². The molecule has 8 heteroatoms. The molecular weight excluding hydrogens is 335 g/mol. The van der Waals surface area contributed by atoms with Gasteiger partial charge in [0.2, 0.25) is 5.91 Å². The number of carbonyl (C=O) groups is 2. The highest BCUT2D eigenvalue weighted by molar-refractivity contribution is 5.95. The van der Waals surface area contributed by atoms with Gasteiger partial charge < -0.3 is 16.0 Å². The fraction of sp³-hybridized carbons (Fsp3) is 0.529. The Balaban J connectivity index is 1.83. The second kappa shape index (κ2) is 8.33. The van der Waals surface area contributed by atoms with E-state index < -0.39 is 23.2 Å². The van der Waals surface area contributed by atoms with Crippen molar-refractivity contribution in [2.24, 2.45) is 5.92 Å². The summed E-state index contributed by atoms with van der Waals surface area (Å²) in [5.74, 6) is -1.01. The average Bonchev–Trinajstić information content (AvgIpc) is 3.06. The number of alkyl halides is 3. The third-order valence-corrected chi connectivity index (χ3v) is 4.31. The third-order valence-electron chi connectivity index (χ3n) is 4.31. The maximum Gasteiger partial charge on any atom is 0.417 e. The minimum absolute atomic E-state index is 0.0632. The Morgan fingerprint density at radius 3 is 2.56 bits per heavy atom. The van der Waals surface area contributed by atoms with Gasteiger partial charge in [0.15, 0.2) is 0 Å². The zero-order chi connectivity index (χ0) is 18.4. The van der Waals surface area contributed by atoms with Crippen LogP contribution >= 0.6 is 0 Å². The van der Waals surface area contributed by atoms with Crippen LogP contribution in [0, 0.1) is 5.92 Å². The molecule has 5 nitrogen and oxygen atoms in total. The van der Waals surface area contributed by atoms with E-state index in [-0.39, 0.29) is 31.0 Å². The van der Waals surface area contributed by atoms with Crippen molar-refractivity contribution in [3.63, 3.8) is 0 Å². The van der Waals surface area contributed by atoms with E-state index in [0.29, 0.717) is 0 Å². The highest BCUT2D eigenvalue weighted by atomic mass is 19.4. The lowest BCUT2D eigenvalue weighted by atomic mass is 9.98. The number of carbonyl (C=O) groups excluding carboxylic acids is 2. The van der Waals surface area contributed by atoms with Crippen LogP contribution in [0.1, 0.15) is 35.7 Å². The molecular formula is C17H22F3N3O2. The van der Waals surface area contributed by atoms with Crippen molar-refractivity contribution < 1.29 is 22.8 Å². The van der Waals surface area contributed by atoms with Crippen LogP contribution in [0.5, 0.6) is 0 Å². The van der Waals surface area contributed by atoms with Gasteiger partial charge in [-0.2, -0.15) is 13.2 Å². The highest BCUT2D eigenvalue weighted by Crippen LogP contribution is 2.31. The lowest BCUT2D eigenvalue weighted by Crippen LogP contribution is -2.41. The van der Waals surface area contributed by atoms with Crippen LogP contribution in [-0.4, -0.2) is 37.5 Å². The van der Waals surface area contributed by atoms with Gasteiger partial charge in [0.1, 0.15) is 0 Å². The van der Waals surface area contributed by atoms with Crippen molar-refractivity contribution in [2.45, 2.75) is 32.0 Å². The highest BCUT2D eigenvalue weighted by Gasteiger charge is 2.35. The number of hydrogen-bond donors (Lipinski definition) is 3. The standard InChI is InChI=1S/C17H22F3N3O2/c1-2-14-12(7-8-21-14)16(25)23-10-9-22-15(24)11-5-3-4-6-13(11)17(18,19)20/h3-6,12,14,21H,2,7-10H2,1H3,(H,22,24)(H,23,25). The molecule has 2 atom stereocenters. The molecule has 0 bridgehead atoms. The van der Waals surface area contributed by atoms with E-state index in [9.17, 15) is 22.8 Å². The first-order chi connectivity index (χ1) is 11.8. The molecule has 0 radical (unpaired) electrons. The van der Waals surface area contributed by atoms with Gasteiger partial charge in [-0.15, -0.1) is 0 Å². The van der Waals surface area contributed by atoms with E-state index in [1.165, 1.54) is 12.1 Å². The van der Waals surface area contributed by atoms with Crippen LogP contribution in [0.4, 0.5) is 13.2 Å². The molecule has 0 aliphatic carbocycles. The molecule has 1 aliphatic heterocycles. The van der Waals surface area contributed by atoms with Crippen molar-refractivity contribution in [1.82, 2.24) is 16.0 Å². The molecule has 25 heavy (non-hydrogen) atoms.